The van der Waals surface area contributed by atoms with Crippen LogP contribution in [0.25, 0.3) is 0 Å². The van der Waals surface area contributed by atoms with Gasteiger partial charge in [0.25, 0.3) is 0 Å². The van der Waals surface area contributed by atoms with Gasteiger partial charge in [-0.1, -0.05) is 6.92 Å². The minimum absolute atomic E-state index is 0.0989. The second kappa shape index (κ2) is 5.98. The van der Waals surface area contributed by atoms with Gasteiger partial charge < -0.3 is 14.6 Å². The predicted octanol–water partition coefficient (Wildman–Crippen LogP) is 2.08. The van der Waals surface area contributed by atoms with Crippen molar-refractivity contribution in [3.8, 4) is 5.75 Å². The molecule has 1 aromatic heterocycles. The molecule has 0 radical (unpaired) electrons. The highest BCUT2D eigenvalue weighted by Gasteiger charge is 2.25. The van der Waals surface area contributed by atoms with Gasteiger partial charge in [0, 0.05) is 18.4 Å². The summed E-state index contributed by atoms with van der Waals surface area (Å²) in [6, 6.07) is 1.84. The number of rotatable bonds is 5. The lowest BCUT2D eigenvalue weighted by Crippen LogP contribution is -2.17. The quantitative estimate of drug-likeness (QED) is 0.852. The molecule has 2 rings (SSSR count). The van der Waals surface area contributed by atoms with Gasteiger partial charge in [-0.25, -0.2) is 0 Å². The summed E-state index contributed by atoms with van der Waals surface area (Å²) in [5.41, 5.74) is 0.769. The highest BCUT2D eigenvalue weighted by atomic mass is 16.5. The molecule has 0 saturated carbocycles. The van der Waals surface area contributed by atoms with E-state index < -0.39 is 6.10 Å². The van der Waals surface area contributed by atoms with Crippen molar-refractivity contribution in [2.45, 2.75) is 38.4 Å². The number of hydrogen-bond acceptors (Lipinski definition) is 4. The fourth-order valence-electron chi connectivity index (χ4n) is 1.96. The monoisotopic (exact) mass is 237 g/mol. The molecule has 4 nitrogen and oxygen atoms in total. The van der Waals surface area contributed by atoms with E-state index in [4.69, 9.17) is 9.47 Å². The zero-order valence-corrected chi connectivity index (χ0v) is 10.1. The number of aliphatic hydroxyl groups excluding tert-OH is 1. The summed E-state index contributed by atoms with van der Waals surface area (Å²) in [6.07, 6.45) is 5.52. The van der Waals surface area contributed by atoms with Crippen LogP contribution in [0.1, 0.15) is 37.9 Å². The number of aromatic nitrogens is 1. The lowest BCUT2D eigenvalue weighted by molar-refractivity contribution is -0.00285. The smallest absolute Gasteiger partial charge is 0.137 e. The van der Waals surface area contributed by atoms with Crippen molar-refractivity contribution in [2.75, 3.05) is 13.2 Å². The van der Waals surface area contributed by atoms with Gasteiger partial charge in [0.2, 0.25) is 0 Å². The minimum Gasteiger partial charge on any atom is -0.492 e. The summed E-state index contributed by atoms with van der Waals surface area (Å²) >= 11 is 0. The molecule has 1 aliphatic rings. The van der Waals surface area contributed by atoms with Gasteiger partial charge in [0.05, 0.1) is 18.9 Å². The van der Waals surface area contributed by atoms with E-state index in [1.165, 1.54) is 0 Å². The largest absolute Gasteiger partial charge is 0.492 e. The Balaban J connectivity index is 2.03. The van der Waals surface area contributed by atoms with Gasteiger partial charge in [-0.05, 0) is 25.3 Å². The zero-order valence-electron chi connectivity index (χ0n) is 10.1. The first kappa shape index (κ1) is 12.3. The summed E-state index contributed by atoms with van der Waals surface area (Å²) in [5, 5.41) is 10.1. The Morgan fingerprint density at radius 3 is 3.18 bits per heavy atom. The Bertz CT molecular complexity index is 350. The van der Waals surface area contributed by atoms with Crippen molar-refractivity contribution in [2.24, 2.45) is 0 Å². The number of hydrogen-bond donors (Lipinski definition) is 1. The van der Waals surface area contributed by atoms with Crippen LogP contribution in [0.4, 0.5) is 0 Å². The van der Waals surface area contributed by atoms with Crippen molar-refractivity contribution < 1.29 is 14.6 Å². The standard InChI is InChI=1S/C13H19NO3/c1-2-5-16-11-7-10(8-14-9-11)13(15)12-4-3-6-17-12/h7-9,12-13,15H,2-6H2,1H3. The topological polar surface area (TPSA) is 51.6 Å². The van der Waals surface area contributed by atoms with E-state index in [1.807, 2.05) is 6.07 Å². The van der Waals surface area contributed by atoms with Gasteiger partial charge in [0.1, 0.15) is 11.9 Å². The average Bonchev–Trinajstić information content (AvgIpc) is 2.89. The van der Waals surface area contributed by atoms with Crippen LogP contribution >= 0.6 is 0 Å². The molecule has 2 unspecified atom stereocenters. The minimum atomic E-state index is -0.602. The molecule has 0 aromatic carbocycles. The van der Waals surface area contributed by atoms with Gasteiger partial charge in [0.15, 0.2) is 0 Å². The van der Waals surface area contributed by atoms with E-state index in [0.29, 0.717) is 12.4 Å². The molecule has 1 saturated heterocycles. The lowest BCUT2D eigenvalue weighted by atomic mass is 10.0. The summed E-state index contributed by atoms with van der Waals surface area (Å²) in [6.45, 7) is 3.46. The summed E-state index contributed by atoms with van der Waals surface area (Å²) in [7, 11) is 0. The Kier molecular flexibility index (Phi) is 4.34. The maximum Gasteiger partial charge on any atom is 0.137 e. The van der Waals surface area contributed by atoms with Crippen molar-refractivity contribution in [3.63, 3.8) is 0 Å². The molecule has 0 spiro atoms. The molecule has 1 fully saturated rings. The van der Waals surface area contributed by atoms with Crippen molar-refractivity contribution in [1.29, 1.82) is 0 Å². The van der Waals surface area contributed by atoms with Crippen molar-refractivity contribution in [1.82, 2.24) is 4.98 Å². The molecule has 0 aliphatic carbocycles. The molecule has 4 heteroatoms. The molecule has 1 aliphatic heterocycles. The van der Waals surface area contributed by atoms with E-state index in [1.54, 1.807) is 12.4 Å². The normalized spacial score (nSPS) is 21.4. The number of aliphatic hydroxyl groups is 1. The molecular weight excluding hydrogens is 218 g/mol. The molecule has 2 atom stereocenters. The van der Waals surface area contributed by atoms with Crippen LogP contribution in [-0.4, -0.2) is 29.4 Å². The van der Waals surface area contributed by atoms with E-state index in [0.717, 1.165) is 31.4 Å². The molecular formula is C13H19NO3. The summed E-state index contributed by atoms with van der Waals surface area (Å²) < 4.78 is 11.0. The molecule has 0 bridgehead atoms. The van der Waals surface area contributed by atoms with Crippen LogP contribution < -0.4 is 4.74 Å². The summed E-state index contributed by atoms with van der Waals surface area (Å²) in [5.74, 6) is 0.710. The molecule has 94 valence electrons. The van der Waals surface area contributed by atoms with Crippen LogP contribution in [0.15, 0.2) is 18.5 Å². The Morgan fingerprint density at radius 2 is 2.47 bits per heavy atom. The van der Waals surface area contributed by atoms with Crippen LogP contribution in [0, 0.1) is 0 Å². The van der Waals surface area contributed by atoms with Gasteiger partial charge in [-0.3, -0.25) is 4.98 Å². The first-order valence-corrected chi connectivity index (χ1v) is 6.18. The molecule has 2 heterocycles. The second-order valence-corrected chi connectivity index (χ2v) is 4.30. The predicted molar refractivity (Wildman–Crippen MR) is 64.0 cm³/mol. The van der Waals surface area contributed by atoms with Crippen LogP contribution in [-0.2, 0) is 4.74 Å². The number of pyridine rings is 1. The maximum atomic E-state index is 10.1. The van der Waals surface area contributed by atoms with E-state index >= 15 is 0 Å². The zero-order chi connectivity index (χ0) is 12.1. The first-order valence-electron chi connectivity index (χ1n) is 6.18. The number of nitrogens with zero attached hydrogens (tertiary/aromatic N) is 1. The van der Waals surface area contributed by atoms with Crippen LogP contribution in [0.5, 0.6) is 5.75 Å². The molecule has 17 heavy (non-hydrogen) atoms. The Labute approximate surface area is 102 Å². The lowest BCUT2D eigenvalue weighted by Gasteiger charge is -2.17. The number of ether oxygens (including phenoxy) is 2. The fourth-order valence-corrected chi connectivity index (χ4v) is 1.96. The third-order valence-electron chi connectivity index (χ3n) is 2.87. The Morgan fingerprint density at radius 1 is 1.59 bits per heavy atom. The molecule has 1 N–H and O–H groups in total. The highest BCUT2D eigenvalue weighted by Crippen LogP contribution is 2.27. The van der Waals surface area contributed by atoms with Crippen molar-refractivity contribution >= 4 is 0 Å². The third-order valence-corrected chi connectivity index (χ3v) is 2.87. The maximum absolute atomic E-state index is 10.1. The van der Waals surface area contributed by atoms with Gasteiger partial charge in [-0.2, -0.15) is 0 Å². The van der Waals surface area contributed by atoms with Crippen LogP contribution in [0.3, 0.4) is 0 Å². The Hall–Kier alpha value is -1.13. The van der Waals surface area contributed by atoms with Gasteiger partial charge >= 0.3 is 0 Å². The van der Waals surface area contributed by atoms with Crippen LogP contribution in [0.2, 0.25) is 0 Å². The average molecular weight is 237 g/mol. The SMILES string of the molecule is CCCOc1cncc(C(O)C2CCCO2)c1. The summed E-state index contributed by atoms with van der Waals surface area (Å²) in [4.78, 5) is 4.09. The highest BCUT2D eigenvalue weighted by molar-refractivity contribution is 5.25. The molecule has 1 aromatic rings. The van der Waals surface area contributed by atoms with Crippen molar-refractivity contribution in [3.05, 3.63) is 24.0 Å². The second-order valence-electron chi connectivity index (χ2n) is 4.30. The van der Waals surface area contributed by atoms with E-state index in [2.05, 4.69) is 11.9 Å². The first-order chi connectivity index (χ1) is 8.31. The van der Waals surface area contributed by atoms with E-state index in [-0.39, 0.29) is 6.10 Å². The fraction of sp³-hybridized carbons (Fsp3) is 0.615. The van der Waals surface area contributed by atoms with E-state index in [9.17, 15) is 5.11 Å². The third kappa shape index (κ3) is 3.17. The molecule has 0 amide bonds. The van der Waals surface area contributed by atoms with Gasteiger partial charge in [-0.15, -0.1) is 0 Å².